The fourth-order valence-electron chi connectivity index (χ4n) is 7.45. The molecule has 0 saturated heterocycles. The van der Waals surface area contributed by atoms with Crippen LogP contribution >= 0.6 is 0 Å². The summed E-state index contributed by atoms with van der Waals surface area (Å²) in [6, 6.07) is 1.39. The molecular weight excluding hydrogens is 827 g/mol. The number of amides is 7. The summed E-state index contributed by atoms with van der Waals surface area (Å²) in [7, 11) is 1.26. The average Bonchev–Trinajstić information content (AvgIpc) is 3.24. The number of fused-ring (bicyclic) bond motifs is 5. The van der Waals surface area contributed by atoms with Gasteiger partial charge in [0.15, 0.2) is 0 Å². The van der Waals surface area contributed by atoms with E-state index in [1.54, 1.807) is 0 Å². The predicted octanol–water partition coefficient (Wildman–Crippen LogP) is 3.36. The molecule has 1 aliphatic rings. The quantitative estimate of drug-likeness (QED) is 0.0689. The summed E-state index contributed by atoms with van der Waals surface area (Å²) < 4.78 is 0. The molecule has 0 aromatic heterocycles. The lowest BCUT2D eigenvalue weighted by molar-refractivity contribution is -0.143. The highest BCUT2D eigenvalue weighted by molar-refractivity contribution is 5.97. The summed E-state index contributed by atoms with van der Waals surface area (Å²) >= 11 is 0. The van der Waals surface area contributed by atoms with E-state index in [1.807, 2.05) is 0 Å². The third-order valence-electron chi connectivity index (χ3n) is 11.3. The second-order valence-electron chi connectivity index (χ2n) is 16.6. The highest BCUT2D eigenvalue weighted by Crippen LogP contribution is 2.38. The third-order valence-corrected chi connectivity index (χ3v) is 11.3. The van der Waals surface area contributed by atoms with E-state index in [0.29, 0.717) is 12.0 Å². The lowest BCUT2D eigenvalue weighted by Crippen LogP contribution is -2.55. The van der Waals surface area contributed by atoms with Crippen LogP contribution in [-0.2, 0) is 44.8 Å². The summed E-state index contributed by atoms with van der Waals surface area (Å²) in [6.45, 7) is 4.19. The second kappa shape index (κ2) is 26.4. The van der Waals surface area contributed by atoms with Crippen LogP contribution in [0, 0.1) is 0 Å². The van der Waals surface area contributed by atoms with Crippen molar-refractivity contribution in [3.8, 4) is 22.6 Å². The number of phenols is 2. The van der Waals surface area contributed by atoms with Crippen LogP contribution in [0.2, 0.25) is 0 Å². The van der Waals surface area contributed by atoms with Crippen LogP contribution in [-0.4, -0.2) is 105 Å². The van der Waals surface area contributed by atoms with Crippen LogP contribution in [0.1, 0.15) is 134 Å². The highest BCUT2D eigenvalue weighted by atomic mass is 16.4. The minimum atomic E-state index is -1.49. The van der Waals surface area contributed by atoms with Crippen LogP contribution < -0.4 is 32.3 Å². The fourth-order valence-corrected chi connectivity index (χ4v) is 7.45. The average molecular weight is 894 g/mol. The van der Waals surface area contributed by atoms with Gasteiger partial charge in [-0.25, -0.2) is 4.79 Å². The lowest BCUT2D eigenvalue weighted by Gasteiger charge is -2.30. The number of carbonyl (C=O) groups excluding carboxylic acids is 7. The summed E-state index contributed by atoms with van der Waals surface area (Å²) in [5, 5.41) is 43.7. The third kappa shape index (κ3) is 16.8. The van der Waals surface area contributed by atoms with Crippen molar-refractivity contribution in [3.63, 3.8) is 0 Å². The van der Waals surface area contributed by atoms with Gasteiger partial charge in [0.05, 0.1) is 13.0 Å². The molecule has 2 aromatic rings. The first-order chi connectivity index (χ1) is 30.4. The first-order valence-corrected chi connectivity index (χ1v) is 22.3. The van der Waals surface area contributed by atoms with Crippen molar-refractivity contribution in [2.45, 2.75) is 154 Å². The molecule has 0 radical (unpaired) electrons. The summed E-state index contributed by atoms with van der Waals surface area (Å²) in [4.78, 5) is 105. The van der Waals surface area contributed by atoms with Crippen molar-refractivity contribution in [1.29, 1.82) is 0 Å². The number of hydrogen-bond donors (Lipinski definition) is 9. The van der Waals surface area contributed by atoms with Gasteiger partial charge in [0.2, 0.25) is 41.4 Å². The van der Waals surface area contributed by atoms with Crippen LogP contribution in [0.15, 0.2) is 36.4 Å². The van der Waals surface area contributed by atoms with E-state index in [2.05, 4.69) is 33.5 Å². The van der Waals surface area contributed by atoms with Gasteiger partial charge in [-0.3, -0.25) is 33.6 Å². The Labute approximate surface area is 374 Å². The number of unbranched alkanes of at least 4 members (excludes halogenated alkanes) is 12. The molecule has 0 aliphatic carbocycles. The molecule has 64 heavy (non-hydrogen) atoms. The smallest absolute Gasteiger partial charge is 0.326 e. The Morgan fingerprint density at radius 3 is 1.92 bits per heavy atom. The molecule has 0 saturated carbocycles. The zero-order chi connectivity index (χ0) is 47.3. The SMILES string of the molecule is CCCCCCCCCCCCCCCC(=O)N[C@H](CC(N)=O)C(=O)N[C@H](C)C(=O)NCC(=O)N(C)[C@@H]1C(=O)N[C@@H](C)C(=O)N[C@H](C(=O)O)Cc2ccc(O)c(c2)-c2cc1ccc2O. The van der Waals surface area contributed by atoms with Crippen LogP contribution in [0.5, 0.6) is 11.5 Å². The molecule has 2 aromatic carbocycles. The molecule has 1 aliphatic heterocycles. The van der Waals surface area contributed by atoms with E-state index in [1.165, 1.54) is 109 Å². The van der Waals surface area contributed by atoms with E-state index in [0.717, 1.165) is 30.6 Å². The minimum Gasteiger partial charge on any atom is -0.507 e. The summed E-state index contributed by atoms with van der Waals surface area (Å²) in [5.74, 6) is -7.39. The number of aliphatic carboxylic acids is 1. The predicted molar refractivity (Wildman–Crippen MR) is 238 cm³/mol. The molecule has 10 N–H and O–H groups in total. The standard InChI is InChI=1S/C46H67N7O11/c1-5-6-7-8-9-10-11-12-13-14-15-16-17-18-39(57)51-34(26-38(47)56)44(61)49-28(2)42(59)48-27-40(58)53(4)41-31-20-22-37(55)33(25-31)32-23-30(19-21-36(32)54)24-35(46(63)64)52-43(60)29(3)50-45(41)62/h19-23,25,28-29,34-35,41,54-55H,5-18,24,26-27H2,1-4H3,(H2,47,56)(H,48,59)(H,49,61)(H,50,62)(H,51,57)(H,52,60)(H,63,64)/t28-,29+,34-,35+,41+/m1/s1. The maximum absolute atomic E-state index is 13.9. The Bertz CT molecular complexity index is 1960. The zero-order valence-corrected chi connectivity index (χ0v) is 37.5. The van der Waals surface area contributed by atoms with E-state index in [-0.39, 0.29) is 41.0 Å². The monoisotopic (exact) mass is 893 g/mol. The Morgan fingerprint density at radius 1 is 0.781 bits per heavy atom. The maximum atomic E-state index is 13.9. The molecule has 0 fully saturated rings. The number of phenolic OH excluding ortho intramolecular Hbond substituents is 2. The van der Waals surface area contributed by atoms with E-state index < -0.39 is 90.5 Å². The van der Waals surface area contributed by atoms with Gasteiger partial charge >= 0.3 is 5.97 Å². The number of benzene rings is 2. The van der Waals surface area contributed by atoms with Gasteiger partial charge in [-0.05, 0) is 55.7 Å². The number of primary amides is 1. The second-order valence-corrected chi connectivity index (χ2v) is 16.6. The first kappa shape index (κ1) is 52.1. The van der Waals surface area contributed by atoms with Crippen molar-refractivity contribution >= 4 is 47.3 Å². The van der Waals surface area contributed by atoms with Gasteiger partial charge in [-0.2, -0.15) is 0 Å². The molecule has 7 amide bonds. The van der Waals surface area contributed by atoms with Gasteiger partial charge in [-0.1, -0.05) is 96.1 Å². The summed E-state index contributed by atoms with van der Waals surface area (Å²) in [6.07, 6.45) is 14.3. The van der Waals surface area contributed by atoms with Crippen LogP contribution in [0.25, 0.3) is 11.1 Å². The first-order valence-electron chi connectivity index (χ1n) is 22.3. The van der Waals surface area contributed by atoms with Crippen LogP contribution in [0.3, 0.4) is 0 Å². The number of nitrogens with one attached hydrogen (secondary N) is 5. The lowest BCUT2D eigenvalue weighted by atomic mass is 9.94. The number of hydrogen-bond acceptors (Lipinski definition) is 10. The number of rotatable bonds is 24. The molecule has 352 valence electrons. The molecule has 18 heteroatoms. The summed E-state index contributed by atoms with van der Waals surface area (Å²) in [5.41, 5.74) is 6.04. The molecular formula is C46H67N7O11. The Hall–Kier alpha value is -6.20. The van der Waals surface area contributed by atoms with E-state index in [4.69, 9.17) is 5.73 Å². The number of likely N-dealkylation sites (N-methyl/N-ethyl adjacent to an activating group) is 1. The van der Waals surface area contributed by atoms with Gasteiger partial charge in [0.1, 0.15) is 41.7 Å². The molecule has 0 spiro atoms. The maximum Gasteiger partial charge on any atom is 0.326 e. The number of nitrogens with zero attached hydrogens (tertiary/aromatic N) is 1. The normalized spacial score (nSPS) is 17.1. The number of carboxylic acids is 1. The van der Waals surface area contributed by atoms with E-state index >= 15 is 0 Å². The van der Waals surface area contributed by atoms with Gasteiger partial charge < -0.3 is 52.5 Å². The molecule has 4 bridgehead atoms. The zero-order valence-electron chi connectivity index (χ0n) is 37.5. The Morgan fingerprint density at radius 2 is 1.34 bits per heavy atom. The van der Waals surface area contributed by atoms with Gasteiger partial charge in [0.25, 0.3) is 0 Å². The minimum absolute atomic E-state index is 0.0554. The van der Waals surface area contributed by atoms with Crippen molar-refractivity contribution < 1.29 is 53.7 Å². The Kier molecular flexibility index (Phi) is 21.5. The molecule has 5 atom stereocenters. The molecule has 1 heterocycles. The van der Waals surface area contributed by atoms with Crippen molar-refractivity contribution in [2.75, 3.05) is 13.6 Å². The van der Waals surface area contributed by atoms with Crippen molar-refractivity contribution in [1.82, 2.24) is 31.5 Å². The molecule has 0 unspecified atom stereocenters. The number of carbonyl (C=O) groups is 8. The van der Waals surface area contributed by atoms with Gasteiger partial charge in [0, 0.05) is 31.0 Å². The van der Waals surface area contributed by atoms with Gasteiger partial charge in [-0.15, -0.1) is 0 Å². The number of carboxylic acid groups (broad SMARTS) is 1. The van der Waals surface area contributed by atoms with Crippen molar-refractivity contribution in [3.05, 3.63) is 47.5 Å². The highest BCUT2D eigenvalue weighted by Gasteiger charge is 2.34. The largest absolute Gasteiger partial charge is 0.507 e. The fraction of sp³-hybridized carbons (Fsp3) is 0.565. The number of aromatic hydroxyl groups is 2. The number of nitrogens with two attached hydrogens (primary N) is 1. The molecule has 18 nitrogen and oxygen atoms in total. The van der Waals surface area contributed by atoms with Crippen LogP contribution in [0.4, 0.5) is 0 Å². The Balaban J connectivity index is 1.61. The molecule has 3 rings (SSSR count). The topological polar surface area (TPSA) is 287 Å². The van der Waals surface area contributed by atoms with E-state index in [9.17, 15) is 53.7 Å². The van der Waals surface area contributed by atoms with Crippen molar-refractivity contribution in [2.24, 2.45) is 5.73 Å².